The topological polar surface area (TPSA) is 125 Å². The van der Waals surface area contributed by atoms with Crippen LogP contribution in [0.2, 0.25) is 0 Å². The molecule has 4 N–H and O–H groups in total. The van der Waals surface area contributed by atoms with Crippen molar-refractivity contribution >= 4 is 11.9 Å². The lowest BCUT2D eigenvalue weighted by Gasteiger charge is -2.23. The summed E-state index contributed by atoms with van der Waals surface area (Å²) >= 11 is 0. The Morgan fingerprint density at radius 1 is 0.930 bits per heavy atom. The van der Waals surface area contributed by atoms with Crippen LogP contribution in [-0.2, 0) is 19.1 Å². The third-order valence-corrected chi connectivity index (χ3v) is 8.58. The average molecular weight is 610 g/mol. The van der Waals surface area contributed by atoms with Crippen LogP contribution in [0.15, 0.2) is 23.8 Å². The van der Waals surface area contributed by atoms with E-state index in [0.717, 1.165) is 31.3 Å². The van der Waals surface area contributed by atoms with Gasteiger partial charge < -0.3 is 30.1 Å². The molecule has 1 aliphatic heterocycles. The number of hydrogen-bond acceptors (Lipinski definition) is 7. The largest absolute Gasteiger partial charge is 0.452 e. The Hall–Kier alpha value is -1.74. The van der Waals surface area contributed by atoms with Gasteiger partial charge in [-0.2, -0.15) is 0 Å². The Kier molecular flexibility index (Phi) is 21.6. The van der Waals surface area contributed by atoms with Crippen molar-refractivity contribution in [3.8, 4) is 0 Å². The zero-order valence-corrected chi connectivity index (χ0v) is 27.8. The smallest absolute Gasteiger partial charge is 0.309 e. The first-order chi connectivity index (χ1) is 20.6. The van der Waals surface area contributed by atoms with E-state index >= 15 is 0 Å². The Labute approximate surface area is 261 Å². The van der Waals surface area contributed by atoms with Gasteiger partial charge in [0.05, 0.1) is 30.8 Å². The molecule has 1 heterocycles. The number of β-amino-alcohol motifs (C(OH)–C–C–N with tert-alkyl or cyclic N) is 1. The highest BCUT2D eigenvalue weighted by molar-refractivity contribution is 5.84. The number of aliphatic hydroxyl groups excluding tert-OH is 3. The van der Waals surface area contributed by atoms with Crippen molar-refractivity contribution < 1.29 is 34.4 Å². The lowest BCUT2D eigenvalue weighted by Crippen LogP contribution is -2.43. The first-order valence-corrected chi connectivity index (χ1v) is 17.0. The number of methoxy groups -OCH3 is 1. The minimum absolute atomic E-state index is 0.0873. The summed E-state index contributed by atoms with van der Waals surface area (Å²) in [5.41, 5.74) is 1.03. The van der Waals surface area contributed by atoms with E-state index in [4.69, 9.17) is 9.47 Å². The van der Waals surface area contributed by atoms with E-state index in [-0.39, 0.29) is 24.9 Å². The monoisotopic (exact) mass is 609 g/mol. The van der Waals surface area contributed by atoms with Crippen molar-refractivity contribution in [3.63, 3.8) is 0 Å². The van der Waals surface area contributed by atoms with Gasteiger partial charge in [0.15, 0.2) is 6.10 Å². The molecule has 0 saturated carbocycles. The molecule has 8 nitrogen and oxygen atoms in total. The second kappa shape index (κ2) is 23.6. The third-order valence-electron chi connectivity index (χ3n) is 8.58. The number of amides is 1. The average Bonchev–Trinajstić information content (AvgIpc) is 2.97. The van der Waals surface area contributed by atoms with Gasteiger partial charge in [-0.15, -0.1) is 0 Å². The fourth-order valence-corrected chi connectivity index (χ4v) is 5.74. The van der Waals surface area contributed by atoms with Crippen molar-refractivity contribution in [1.29, 1.82) is 0 Å². The standard InChI is InChI=1S/C35H63NO7/c1-6-15-33-34(40)36-24-30(37)23-32(39)31(38)21-20-29(25-42-5)19-14-18-28(7-2)17-13-11-9-8-10-12-16-26(3)22-27(4)35(41)43-33/h14,18-19,26-28,30-33,37-39H,6-13,15-17,20-25H2,1-5H3,(H,36,40)/b18-14+,29-19-/t26-,27+,28?,30+,31-,32+,33+/m1/s1. The molecule has 1 aliphatic rings. The summed E-state index contributed by atoms with van der Waals surface area (Å²) in [6.07, 6.45) is 15.5. The molecule has 0 radical (unpaired) electrons. The molecule has 0 aliphatic carbocycles. The summed E-state index contributed by atoms with van der Waals surface area (Å²) in [5.74, 6) is -0.176. The zero-order chi connectivity index (χ0) is 32.0. The number of aliphatic hydroxyl groups is 3. The molecule has 0 saturated heterocycles. The van der Waals surface area contributed by atoms with E-state index < -0.39 is 30.3 Å². The van der Waals surface area contributed by atoms with Crippen molar-refractivity contribution in [2.24, 2.45) is 17.8 Å². The van der Waals surface area contributed by atoms with E-state index in [2.05, 4.69) is 31.3 Å². The van der Waals surface area contributed by atoms with Crippen molar-refractivity contribution in [2.45, 2.75) is 148 Å². The van der Waals surface area contributed by atoms with Gasteiger partial charge in [-0.05, 0) is 55.9 Å². The van der Waals surface area contributed by atoms with Crippen LogP contribution in [-0.4, -0.2) is 71.9 Å². The molecule has 0 aromatic rings. The van der Waals surface area contributed by atoms with E-state index in [1.54, 1.807) is 7.11 Å². The molecule has 1 amide bonds. The predicted molar refractivity (Wildman–Crippen MR) is 172 cm³/mol. The summed E-state index contributed by atoms with van der Waals surface area (Å²) in [5, 5.41) is 34.2. The van der Waals surface area contributed by atoms with Gasteiger partial charge in [-0.1, -0.05) is 97.3 Å². The number of rotatable bonds is 5. The fourth-order valence-electron chi connectivity index (χ4n) is 5.74. The number of cyclic esters (lactones) is 1. The van der Waals surface area contributed by atoms with Crippen molar-refractivity contribution in [2.75, 3.05) is 20.3 Å². The molecule has 0 spiro atoms. The minimum Gasteiger partial charge on any atom is -0.452 e. The second-order valence-corrected chi connectivity index (χ2v) is 12.8. The molecule has 0 bridgehead atoms. The van der Waals surface area contributed by atoms with E-state index in [1.807, 2.05) is 19.9 Å². The van der Waals surface area contributed by atoms with E-state index in [9.17, 15) is 24.9 Å². The first kappa shape index (κ1) is 39.3. The summed E-state index contributed by atoms with van der Waals surface area (Å²) < 4.78 is 11.0. The molecule has 7 atom stereocenters. The van der Waals surface area contributed by atoms with Crippen LogP contribution < -0.4 is 5.32 Å². The van der Waals surface area contributed by atoms with Gasteiger partial charge in [0.2, 0.25) is 0 Å². The molecule has 0 aromatic heterocycles. The maximum Gasteiger partial charge on any atom is 0.309 e. The Balaban J connectivity index is 2.90. The van der Waals surface area contributed by atoms with Crippen LogP contribution in [0, 0.1) is 17.8 Å². The first-order valence-electron chi connectivity index (χ1n) is 17.0. The Morgan fingerprint density at radius 2 is 1.60 bits per heavy atom. The zero-order valence-electron chi connectivity index (χ0n) is 27.8. The Bertz CT molecular complexity index is 814. The Morgan fingerprint density at radius 3 is 2.26 bits per heavy atom. The summed E-state index contributed by atoms with van der Waals surface area (Å²) in [7, 11) is 1.64. The molecule has 0 fully saturated rings. The molecule has 43 heavy (non-hydrogen) atoms. The van der Waals surface area contributed by atoms with Crippen LogP contribution >= 0.6 is 0 Å². The fraction of sp³-hybridized carbons (Fsp3) is 0.829. The maximum atomic E-state index is 12.8. The molecule has 1 unspecified atom stereocenters. The second-order valence-electron chi connectivity index (χ2n) is 12.8. The SMILES string of the molecule is CCC[C@@H]1OC(=O)[C@@H](C)C[C@H](C)CCCCCCCCC(CC)/C=C/C=C(\COC)CC[C@@H](O)[C@@H](O)C[C@H](O)CNC1=O. The number of ether oxygens (including phenoxy) is 2. The lowest BCUT2D eigenvalue weighted by molar-refractivity contribution is -0.160. The van der Waals surface area contributed by atoms with Crippen LogP contribution in [0.1, 0.15) is 124 Å². The number of nitrogens with one attached hydrogen (secondary N) is 1. The molecular formula is C35H63NO7. The summed E-state index contributed by atoms with van der Waals surface area (Å²) in [6.45, 7) is 8.52. The van der Waals surface area contributed by atoms with Gasteiger partial charge in [0.25, 0.3) is 5.91 Å². The summed E-state index contributed by atoms with van der Waals surface area (Å²) in [6, 6.07) is 0. The minimum atomic E-state index is -1.14. The molecule has 8 heteroatoms. The van der Waals surface area contributed by atoms with Crippen LogP contribution in [0.4, 0.5) is 0 Å². The van der Waals surface area contributed by atoms with Crippen molar-refractivity contribution in [3.05, 3.63) is 23.8 Å². The number of esters is 1. The lowest BCUT2D eigenvalue weighted by atomic mass is 9.92. The van der Waals surface area contributed by atoms with Crippen LogP contribution in [0.5, 0.6) is 0 Å². The number of carbonyl (C=O) groups excluding carboxylic acids is 2. The molecular weight excluding hydrogens is 546 g/mol. The highest BCUT2D eigenvalue weighted by Gasteiger charge is 2.27. The normalized spacial score (nSPS) is 33.2. The van der Waals surface area contributed by atoms with Crippen molar-refractivity contribution in [1.82, 2.24) is 5.32 Å². The molecule has 1 rings (SSSR count). The van der Waals surface area contributed by atoms with E-state index in [1.165, 1.54) is 38.5 Å². The van der Waals surface area contributed by atoms with Gasteiger partial charge >= 0.3 is 5.97 Å². The number of allylic oxidation sites excluding steroid dienone is 3. The third kappa shape index (κ3) is 18.0. The van der Waals surface area contributed by atoms with Gasteiger partial charge in [-0.25, -0.2) is 0 Å². The van der Waals surface area contributed by atoms with E-state index in [0.29, 0.717) is 44.1 Å². The van der Waals surface area contributed by atoms with Gasteiger partial charge in [0.1, 0.15) is 0 Å². The maximum absolute atomic E-state index is 12.8. The van der Waals surface area contributed by atoms with Gasteiger partial charge in [-0.3, -0.25) is 9.59 Å². The predicted octanol–water partition coefficient (Wildman–Crippen LogP) is 6.02. The highest BCUT2D eigenvalue weighted by Crippen LogP contribution is 2.22. The number of carbonyl (C=O) groups is 2. The molecule has 0 aromatic carbocycles. The molecule has 250 valence electrons. The number of hydrogen-bond donors (Lipinski definition) is 4. The van der Waals surface area contributed by atoms with Crippen LogP contribution in [0.25, 0.3) is 0 Å². The van der Waals surface area contributed by atoms with Crippen LogP contribution in [0.3, 0.4) is 0 Å². The summed E-state index contributed by atoms with van der Waals surface area (Å²) in [4.78, 5) is 25.6. The highest BCUT2D eigenvalue weighted by atomic mass is 16.5. The quantitative estimate of drug-likeness (QED) is 0.281. The van der Waals surface area contributed by atoms with Gasteiger partial charge in [0, 0.05) is 20.1 Å².